The van der Waals surface area contributed by atoms with Crippen LogP contribution in [0.1, 0.15) is 25.1 Å². The van der Waals surface area contributed by atoms with E-state index in [0.717, 1.165) is 5.56 Å². The number of carbonyl (C=O) groups is 1. The van der Waals surface area contributed by atoms with Crippen molar-refractivity contribution in [1.29, 1.82) is 5.41 Å². The van der Waals surface area contributed by atoms with Crippen LogP contribution in [0.5, 0.6) is 0 Å². The van der Waals surface area contributed by atoms with Gasteiger partial charge in [0.2, 0.25) is 5.95 Å². The minimum absolute atomic E-state index is 0.0391. The third-order valence-electron chi connectivity index (χ3n) is 4.37. The number of alkyl halides is 3. The highest BCUT2D eigenvalue weighted by molar-refractivity contribution is 6.42. The summed E-state index contributed by atoms with van der Waals surface area (Å²) >= 11 is 0. The van der Waals surface area contributed by atoms with Crippen LogP contribution in [-0.2, 0) is 9.53 Å². The Morgan fingerprint density at radius 2 is 1.97 bits per heavy atom. The van der Waals surface area contributed by atoms with Gasteiger partial charge in [-0.25, -0.2) is 14.8 Å². The number of aromatic nitrogens is 3. The molecule has 2 heterocycles. The van der Waals surface area contributed by atoms with Crippen LogP contribution < -0.4 is 15.5 Å². The summed E-state index contributed by atoms with van der Waals surface area (Å²) in [6.45, 7) is 4.80. The molecule has 4 N–H and O–H groups in total. The zero-order chi connectivity index (χ0) is 24.6. The third-order valence-corrected chi connectivity index (χ3v) is 4.37. The van der Waals surface area contributed by atoms with Crippen molar-refractivity contribution in [1.82, 2.24) is 15.0 Å². The molecule has 0 saturated heterocycles. The van der Waals surface area contributed by atoms with E-state index in [0.29, 0.717) is 18.9 Å². The van der Waals surface area contributed by atoms with E-state index < -0.39 is 24.5 Å². The minimum Gasteiger partial charge on any atom is -0.476 e. The molecule has 0 bridgehead atoms. The van der Waals surface area contributed by atoms with Gasteiger partial charge in [-0.1, -0.05) is 0 Å². The number of halogens is 3. The molecule has 0 unspecified atom stereocenters. The van der Waals surface area contributed by atoms with Gasteiger partial charge in [0.1, 0.15) is 23.8 Å². The normalized spacial score (nSPS) is 11.2. The molecule has 0 aliphatic heterocycles. The molecule has 180 valence electrons. The van der Waals surface area contributed by atoms with Gasteiger partial charge in [0.15, 0.2) is 11.5 Å². The lowest BCUT2D eigenvalue weighted by Crippen LogP contribution is -2.28. The van der Waals surface area contributed by atoms with Gasteiger partial charge in [-0.3, -0.25) is 5.41 Å². The highest BCUT2D eigenvalue weighted by atomic mass is 19.4. The number of ether oxygens (including phenoxy) is 1. The smallest absolute Gasteiger partial charge is 0.411 e. The number of carboxylic acids is 1. The van der Waals surface area contributed by atoms with Gasteiger partial charge < -0.3 is 25.4 Å². The first-order valence-electron chi connectivity index (χ1n) is 10.1. The molecule has 0 fully saturated rings. The molecule has 2 rings (SSSR count). The first-order chi connectivity index (χ1) is 15.6. The number of aryl methyl sites for hydroxylation is 1. The van der Waals surface area contributed by atoms with E-state index in [1.54, 1.807) is 23.2 Å². The molecular formula is C20H26F3N7O3. The number of pyridine rings is 1. The highest BCUT2D eigenvalue weighted by Crippen LogP contribution is 2.29. The molecule has 13 heteroatoms. The molecule has 0 radical (unpaired) electrons. The Morgan fingerprint density at radius 1 is 1.27 bits per heavy atom. The second-order valence-corrected chi connectivity index (χ2v) is 6.89. The van der Waals surface area contributed by atoms with E-state index in [4.69, 9.17) is 5.41 Å². The van der Waals surface area contributed by atoms with E-state index in [9.17, 15) is 23.1 Å². The Balaban J connectivity index is 2.48. The predicted molar refractivity (Wildman–Crippen MR) is 118 cm³/mol. The number of nitrogens with zero attached hydrogens (tertiary/aromatic N) is 4. The molecule has 10 nitrogen and oxygen atoms in total. The quantitative estimate of drug-likeness (QED) is 0.273. The summed E-state index contributed by atoms with van der Waals surface area (Å²) in [6.07, 6.45) is -2.89. The van der Waals surface area contributed by atoms with Crippen molar-refractivity contribution in [2.24, 2.45) is 0 Å². The molecule has 0 saturated carbocycles. The molecule has 2 aromatic heterocycles. The van der Waals surface area contributed by atoms with E-state index in [1.807, 2.05) is 20.8 Å². The standard InChI is InChI=1S/C20H26F3N7O3/c1-4-30(5-2)19-28-15(14(24)18(31)32)16(26-8-9-33-11-20(21,22)23)17(29-19)27-13-10-12(3)6-7-25-13/h6-7,10,24,26H,4-5,8-9,11H2,1-3H3,(H,31,32)(H,25,27,28,29). The molecule has 0 spiro atoms. The van der Waals surface area contributed by atoms with E-state index in [2.05, 4.69) is 30.3 Å². The van der Waals surface area contributed by atoms with Crippen molar-refractivity contribution in [2.45, 2.75) is 26.9 Å². The van der Waals surface area contributed by atoms with Crippen LogP contribution in [0.15, 0.2) is 18.3 Å². The summed E-state index contributed by atoms with van der Waals surface area (Å²) in [5, 5.41) is 23.2. The lowest BCUT2D eigenvalue weighted by atomic mass is 10.2. The van der Waals surface area contributed by atoms with Crippen molar-refractivity contribution in [3.63, 3.8) is 0 Å². The highest BCUT2D eigenvalue weighted by Gasteiger charge is 2.27. The van der Waals surface area contributed by atoms with Gasteiger partial charge in [-0.15, -0.1) is 0 Å². The monoisotopic (exact) mass is 469 g/mol. The summed E-state index contributed by atoms with van der Waals surface area (Å²) in [5.74, 6) is -0.796. The van der Waals surface area contributed by atoms with E-state index in [-0.39, 0.29) is 36.3 Å². The zero-order valence-electron chi connectivity index (χ0n) is 18.5. The van der Waals surface area contributed by atoms with Crippen LogP contribution in [0.3, 0.4) is 0 Å². The first kappa shape index (κ1) is 25.8. The Hall–Kier alpha value is -3.48. The maximum atomic E-state index is 12.3. The number of rotatable bonds is 12. The lowest BCUT2D eigenvalue weighted by molar-refractivity contribution is -0.172. The Kier molecular flexibility index (Phi) is 8.91. The second kappa shape index (κ2) is 11.4. The minimum atomic E-state index is -4.46. The number of aliphatic carboxylic acids is 1. The van der Waals surface area contributed by atoms with Gasteiger partial charge >= 0.3 is 12.1 Å². The third kappa shape index (κ3) is 7.56. The fourth-order valence-corrected chi connectivity index (χ4v) is 2.80. The maximum absolute atomic E-state index is 12.3. The summed E-state index contributed by atoms with van der Waals surface area (Å²) in [6, 6.07) is 3.52. The van der Waals surface area contributed by atoms with Gasteiger partial charge in [0.25, 0.3) is 0 Å². The van der Waals surface area contributed by atoms with Gasteiger partial charge in [-0.2, -0.15) is 18.2 Å². The molecule has 2 aromatic rings. The van der Waals surface area contributed by atoms with Gasteiger partial charge in [-0.05, 0) is 38.5 Å². The van der Waals surface area contributed by atoms with Gasteiger partial charge in [0.05, 0.1) is 6.61 Å². The molecular weight excluding hydrogens is 443 g/mol. The lowest BCUT2D eigenvalue weighted by Gasteiger charge is -2.23. The van der Waals surface area contributed by atoms with E-state index >= 15 is 0 Å². The SMILES string of the molecule is CCN(CC)c1nc(Nc2cc(C)ccn2)c(NCCOCC(F)(F)F)c(C(=N)C(=O)O)n1. The van der Waals surface area contributed by atoms with Crippen LogP contribution in [0.2, 0.25) is 0 Å². The van der Waals surface area contributed by atoms with Crippen molar-refractivity contribution >= 4 is 35.0 Å². The Bertz CT molecular complexity index is 982. The molecule has 0 aromatic carbocycles. The van der Waals surface area contributed by atoms with Crippen molar-refractivity contribution < 1.29 is 27.8 Å². The van der Waals surface area contributed by atoms with Gasteiger partial charge in [0, 0.05) is 25.8 Å². The molecule has 33 heavy (non-hydrogen) atoms. The van der Waals surface area contributed by atoms with Crippen LogP contribution in [0.25, 0.3) is 0 Å². The van der Waals surface area contributed by atoms with Crippen molar-refractivity contribution in [3.8, 4) is 0 Å². The Labute approximate surface area is 188 Å². The molecule has 0 atom stereocenters. The van der Waals surface area contributed by atoms with Crippen molar-refractivity contribution in [2.75, 3.05) is 48.4 Å². The molecule has 0 aliphatic rings. The van der Waals surface area contributed by atoms with Crippen molar-refractivity contribution in [3.05, 3.63) is 29.6 Å². The number of anilines is 4. The average molecular weight is 469 g/mol. The van der Waals surface area contributed by atoms with E-state index in [1.165, 1.54) is 0 Å². The topological polar surface area (TPSA) is 136 Å². The molecule has 0 aliphatic carbocycles. The number of hydrogen-bond donors (Lipinski definition) is 4. The zero-order valence-corrected chi connectivity index (χ0v) is 18.5. The summed E-state index contributed by atoms with van der Waals surface area (Å²) < 4.78 is 41.5. The fourth-order valence-electron chi connectivity index (χ4n) is 2.80. The number of carboxylic acid groups (broad SMARTS) is 1. The summed E-state index contributed by atoms with van der Waals surface area (Å²) in [5.41, 5.74) is -0.0774. The maximum Gasteiger partial charge on any atom is 0.411 e. The van der Waals surface area contributed by atoms with Crippen LogP contribution in [0.4, 0.5) is 36.4 Å². The van der Waals surface area contributed by atoms with Crippen LogP contribution in [0, 0.1) is 12.3 Å². The predicted octanol–water partition coefficient (Wildman–Crippen LogP) is 3.21. The average Bonchev–Trinajstić information content (AvgIpc) is 2.74. The summed E-state index contributed by atoms with van der Waals surface area (Å²) in [4.78, 5) is 26.3. The fraction of sp³-hybridized carbons (Fsp3) is 0.450. The molecule has 0 amide bonds. The first-order valence-corrected chi connectivity index (χ1v) is 10.1. The van der Waals surface area contributed by atoms with Crippen LogP contribution >= 0.6 is 0 Å². The van der Waals surface area contributed by atoms with Crippen LogP contribution in [-0.4, -0.2) is 70.8 Å². The Morgan fingerprint density at radius 3 is 2.55 bits per heavy atom. The second-order valence-electron chi connectivity index (χ2n) is 6.89. The largest absolute Gasteiger partial charge is 0.476 e. The summed E-state index contributed by atoms with van der Waals surface area (Å²) in [7, 11) is 0. The number of nitrogens with one attached hydrogen (secondary N) is 3. The number of hydrogen-bond acceptors (Lipinski definition) is 9.